The minimum Gasteiger partial charge on any atom is -0.391 e. The molecule has 0 saturated heterocycles. The summed E-state index contributed by atoms with van der Waals surface area (Å²) in [5.41, 5.74) is 0. The lowest BCUT2D eigenvalue weighted by atomic mass is 9.91. The Bertz CT molecular complexity index is 243. The molecule has 106 valence electrons. The third-order valence-corrected chi connectivity index (χ3v) is 4.08. The molecule has 1 saturated carbocycles. The van der Waals surface area contributed by atoms with E-state index in [0.717, 1.165) is 38.5 Å². The molecule has 1 aliphatic rings. The number of nitrogens with zero attached hydrogens (tertiary/aromatic N) is 1. The first-order valence-electron chi connectivity index (χ1n) is 7.60. The number of hydrogen-bond acceptors (Lipinski definition) is 2. The summed E-state index contributed by atoms with van der Waals surface area (Å²) in [6.07, 6.45) is 10.3. The SMILES string of the molecule is CCCCCCCC(=O)N(C)C1CCCCC1O. The van der Waals surface area contributed by atoms with Gasteiger partial charge in [-0.25, -0.2) is 0 Å². The second-order valence-corrected chi connectivity index (χ2v) is 5.59. The highest BCUT2D eigenvalue weighted by atomic mass is 16.3. The van der Waals surface area contributed by atoms with E-state index in [4.69, 9.17) is 0 Å². The zero-order chi connectivity index (χ0) is 13.4. The fourth-order valence-corrected chi connectivity index (χ4v) is 2.78. The highest BCUT2D eigenvalue weighted by Crippen LogP contribution is 2.23. The molecule has 0 aromatic carbocycles. The number of hydrogen-bond donors (Lipinski definition) is 1. The largest absolute Gasteiger partial charge is 0.391 e. The van der Waals surface area contributed by atoms with E-state index in [-0.39, 0.29) is 18.1 Å². The smallest absolute Gasteiger partial charge is 0.222 e. The van der Waals surface area contributed by atoms with Crippen molar-refractivity contribution in [3.05, 3.63) is 0 Å². The van der Waals surface area contributed by atoms with E-state index in [2.05, 4.69) is 6.92 Å². The average Bonchev–Trinajstić information content (AvgIpc) is 2.38. The molecular weight excluding hydrogens is 226 g/mol. The van der Waals surface area contributed by atoms with Crippen LogP contribution in [0.25, 0.3) is 0 Å². The van der Waals surface area contributed by atoms with Gasteiger partial charge >= 0.3 is 0 Å². The molecule has 0 aromatic heterocycles. The molecule has 0 spiro atoms. The summed E-state index contributed by atoms with van der Waals surface area (Å²) in [4.78, 5) is 13.8. The highest BCUT2D eigenvalue weighted by molar-refractivity contribution is 5.76. The molecule has 1 aliphatic carbocycles. The van der Waals surface area contributed by atoms with Gasteiger partial charge in [0.05, 0.1) is 12.1 Å². The van der Waals surface area contributed by atoms with E-state index in [1.807, 2.05) is 7.05 Å². The van der Waals surface area contributed by atoms with Gasteiger partial charge in [0.2, 0.25) is 5.91 Å². The molecule has 18 heavy (non-hydrogen) atoms. The first-order chi connectivity index (χ1) is 8.66. The van der Waals surface area contributed by atoms with E-state index < -0.39 is 0 Å². The molecule has 0 heterocycles. The maximum Gasteiger partial charge on any atom is 0.222 e. The van der Waals surface area contributed by atoms with Crippen LogP contribution >= 0.6 is 0 Å². The fourth-order valence-electron chi connectivity index (χ4n) is 2.78. The van der Waals surface area contributed by atoms with Crippen molar-refractivity contribution in [3.63, 3.8) is 0 Å². The number of likely N-dealkylation sites (N-methyl/N-ethyl adjacent to an activating group) is 1. The van der Waals surface area contributed by atoms with Crippen LogP contribution in [0.1, 0.15) is 71.1 Å². The van der Waals surface area contributed by atoms with E-state index in [9.17, 15) is 9.90 Å². The molecule has 3 nitrogen and oxygen atoms in total. The lowest BCUT2D eigenvalue weighted by molar-refractivity contribution is -0.135. The number of rotatable bonds is 7. The number of aliphatic hydroxyl groups excluding tert-OH is 1. The molecule has 0 aliphatic heterocycles. The van der Waals surface area contributed by atoms with Gasteiger partial charge in [-0.2, -0.15) is 0 Å². The van der Waals surface area contributed by atoms with Crippen molar-refractivity contribution in [2.24, 2.45) is 0 Å². The predicted molar refractivity (Wildman–Crippen MR) is 74.4 cm³/mol. The maximum atomic E-state index is 12.0. The van der Waals surface area contributed by atoms with E-state index in [1.165, 1.54) is 19.3 Å². The Labute approximate surface area is 112 Å². The van der Waals surface area contributed by atoms with Crippen LogP contribution in [-0.2, 0) is 4.79 Å². The van der Waals surface area contributed by atoms with Gasteiger partial charge in [0, 0.05) is 13.5 Å². The summed E-state index contributed by atoms with van der Waals surface area (Å²) < 4.78 is 0. The first-order valence-corrected chi connectivity index (χ1v) is 7.60. The molecule has 0 aromatic rings. The first kappa shape index (κ1) is 15.5. The standard InChI is InChI=1S/C15H29NO2/c1-3-4-5-6-7-12-15(18)16(2)13-10-8-9-11-14(13)17/h13-14,17H,3-12H2,1-2H3. The number of amides is 1. The summed E-state index contributed by atoms with van der Waals surface area (Å²) >= 11 is 0. The molecular formula is C15H29NO2. The minimum absolute atomic E-state index is 0.0573. The summed E-state index contributed by atoms with van der Waals surface area (Å²) in [5.74, 6) is 0.206. The second kappa shape index (κ2) is 8.52. The van der Waals surface area contributed by atoms with Crippen LogP contribution in [0.5, 0.6) is 0 Å². The molecule has 2 atom stereocenters. The normalized spacial score (nSPS) is 23.9. The van der Waals surface area contributed by atoms with Crippen LogP contribution in [0.3, 0.4) is 0 Å². The van der Waals surface area contributed by atoms with Crippen molar-refractivity contribution in [2.75, 3.05) is 7.05 Å². The van der Waals surface area contributed by atoms with Gasteiger partial charge in [0.25, 0.3) is 0 Å². The van der Waals surface area contributed by atoms with Crippen LogP contribution in [0.15, 0.2) is 0 Å². The fraction of sp³-hybridized carbons (Fsp3) is 0.933. The van der Waals surface area contributed by atoms with E-state index in [1.54, 1.807) is 4.90 Å². The zero-order valence-electron chi connectivity index (χ0n) is 12.0. The number of unbranched alkanes of at least 4 members (excludes halogenated alkanes) is 4. The van der Waals surface area contributed by atoms with Gasteiger partial charge in [0.15, 0.2) is 0 Å². The molecule has 3 heteroatoms. The number of aliphatic hydroxyl groups is 1. The topological polar surface area (TPSA) is 40.5 Å². The molecule has 1 fully saturated rings. The zero-order valence-corrected chi connectivity index (χ0v) is 12.0. The number of carbonyl (C=O) groups is 1. The van der Waals surface area contributed by atoms with Crippen LogP contribution in [-0.4, -0.2) is 35.1 Å². The Hall–Kier alpha value is -0.570. The lowest BCUT2D eigenvalue weighted by Crippen LogP contribution is -2.46. The molecule has 0 bridgehead atoms. The molecule has 1 amide bonds. The minimum atomic E-state index is -0.312. The summed E-state index contributed by atoms with van der Waals surface area (Å²) in [7, 11) is 1.85. The van der Waals surface area contributed by atoms with Gasteiger partial charge in [-0.05, 0) is 19.3 Å². The molecule has 2 unspecified atom stereocenters. The molecule has 1 N–H and O–H groups in total. The maximum absolute atomic E-state index is 12.0. The van der Waals surface area contributed by atoms with Crippen LogP contribution in [0, 0.1) is 0 Å². The third-order valence-electron chi connectivity index (χ3n) is 4.08. The third kappa shape index (κ3) is 4.97. The van der Waals surface area contributed by atoms with Gasteiger partial charge < -0.3 is 10.0 Å². The highest BCUT2D eigenvalue weighted by Gasteiger charge is 2.28. The van der Waals surface area contributed by atoms with Gasteiger partial charge in [0.1, 0.15) is 0 Å². The van der Waals surface area contributed by atoms with Crippen LogP contribution in [0.2, 0.25) is 0 Å². The second-order valence-electron chi connectivity index (χ2n) is 5.59. The summed E-state index contributed by atoms with van der Waals surface area (Å²) in [5, 5.41) is 9.94. The van der Waals surface area contributed by atoms with Gasteiger partial charge in [-0.1, -0.05) is 45.4 Å². The van der Waals surface area contributed by atoms with E-state index in [0.29, 0.717) is 6.42 Å². The van der Waals surface area contributed by atoms with E-state index >= 15 is 0 Å². The number of carbonyl (C=O) groups excluding carboxylic acids is 1. The van der Waals surface area contributed by atoms with Crippen molar-refractivity contribution in [3.8, 4) is 0 Å². The Balaban J connectivity index is 2.23. The Kier molecular flexibility index (Phi) is 7.33. The average molecular weight is 255 g/mol. The van der Waals surface area contributed by atoms with Gasteiger partial charge in [-0.15, -0.1) is 0 Å². The summed E-state index contributed by atoms with van der Waals surface area (Å²) in [6, 6.07) is 0.0573. The van der Waals surface area contributed by atoms with Crippen molar-refractivity contribution >= 4 is 5.91 Å². The lowest BCUT2D eigenvalue weighted by Gasteiger charge is -2.35. The van der Waals surface area contributed by atoms with Gasteiger partial charge in [-0.3, -0.25) is 4.79 Å². The monoisotopic (exact) mass is 255 g/mol. The predicted octanol–water partition coefficient (Wildman–Crippen LogP) is 3.11. The van der Waals surface area contributed by atoms with Crippen molar-refractivity contribution in [2.45, 2.75) is 83.3 Å². The Morgan fingerprint density at radius 3 is 2.50 bits per heavy atom. The van der Waals surface area contributed by atoms with Crippen molar-refractivity contribution in [1.29, 1.82) is 0 Å². The van der Waals surface area contributed by atoms with Crippen LogP contribution < -0.4 is 0 Å². The van der Waals surface area contributed by atoms with Crippen LogP contribution in [0.4, 0.5) is 0 Å². The molecule has 1 rings (SSSR count). The molecule has 0 radical (unpaired) electrons. The summed E-state index contributed by atoms with van der Waals surface area (Å²) in [6.45, 7) is 2.20. The van der Waals surface area contributed by atoms with Crippen molar-refractivity contribution < 1.29 is 9.90 Å². The Morgan fingerprint density at radius 2 is 1.83 bits per heavy atom. The van der Waals surface area contributed by atoms with Crippen molar-refractivity contribution in [1.82, 2.24) is 4.90 Å². The Morgan fingerprint density at radius 1 is 1.17 bits per heavy atom. The quantitative estimate of drug-likeness (QED) is 0.710.